The van der Waals surface area contributed by atoms with Crippen molar-refractivity contribution in [3.63, 3.8) is 0 Å². The first-order chi connectivity index (χ1) is 3.83. The molecule has 0 heterocycles. The first-order valence-corrected chi connectivity index (χ1v) is 1.97. The minimum absolute atomic E-state index is 0. The lowest BCUT2D eigenvalue weighted by atomic mass is 10.5. The zero-order valence-corrected chi connectivity index (χ0v) is 4.59. The van der Waals surface area contributed by atoms with E-state index in [4.69, 9.17) is 15.3 Å². The van der Waals surface area contributed by atoms with Crippen LogP contribution >= 0.6 is 0 Å². The van der Waals surface area contributed by atoms with Crippen LogP contribution in [0, 0.1) is 22.7 Å². The van der Waals surface area contributed by atoms with Gasteiger partial charge in [0.05, 0.1) is 12.1 Å². The molecule has 0 aromatic carbocycles. The van der Waals surface area contributed by atoms with Crippen LogP contribution in [0.25, 0.3) is 0 Å². The van der Waals surface area contributed by atoms with Crippen molar-refractivity contribution < 1.29 is 4.79 Å². The van der Waals surface area contributed by atoms with Crippen molar-refractivity contribution in [3.8, 4) is 12.1 Å². The first-order valence-electron chi connectivity index (χ1n) is 1.97. The summed E-state index contributed by atoms with van der Waals surface area (Å²) in [5, 5.41) is 15.2. The number of carbonyl (C=O) groups excluding carboxylic acids is 1. The maximum Gasteiger partial charge on any atom is 0.122 e. The Kier molecular flexibility index (Phi) is 21.3. The Balaban J connectivity index is 0. The third-order valence-corrected chi connectivity index (χ3v) is 0.158. The average Bonchev–Trinajstić information content (AvgIpc) is 1.71. The minimum atomic E-state index is 0. The number of carbonyl (C=O) groups is 1. The second kappa shape index (κ2) is 17.4. The fraction of sp³-hybridized carbons (Fsp3) is 0.400. The number of nitriles is 2. The van der Waals surface area contributed by atoms with Gasteiger partial charge in [-0.05, 0) is 6.92 Å². The lowest BCUT2D eigenvalue weighted by Crippen LogP contribution is -1.47. The van der Waals surface area contributed by atoms with Crippen LogP contribution in [0.1, 0.15) is 13.3 Å². The zero-order valence-electron chi connectivity index (χ0n) is 4.59. The molecule has 0 atom stereocenters. The summed E-state index contributed by atoms with van der Waals surface area (Å²) < 4.78 is 0. The highest BCUT2D eigenvalue weighted by Crippen LogP contribution is 1.59. The fourth-order valence-corrected chi connectivity index (χ4v) is 0.0354. The van der Waals surface area contributed by atoms with Gasteiger partial charge >= 0.3 is 0 Å². The number of hydrogen-bond acceptors (Lipinski definition) is 3. The predicted octanol–water partition coefficient (Wildman–Crippen LogP) is 0.629. The Morgan fingerprint density at radius 1 is 1.50 bits per heavy atom. The summed E-state index contributed by atoms with van der Waals surface area (Å²) in [5.74, 6) is 0. The molecule has 8 heavy (non-hydrogen) atoms. The third kappa shape index (κ3) is 147. The summed E-state index contributed by atoms with van der Waals surface area (Å²) in [5.41, 5.74) is 0. The summed E-state index contributed by atoms with van der Waals surface area (Å²) >= 11 is 0. The molecule has 0 saturated heterocycles. The van der Waals surface area contributed by atoms with Crippen molar-refractivity contribution in [1.29, 1.82) is 10.5 Å². The molecule has 42 valence electrons. The molecule has 3 heteroatoms. The van der Waals surface area contributed by atoms with Gasteiger partial charge in [0, 0.05) is 0 Å². The quantitative estimate of drug-likeness (QED) is 0.429. The first kappa shape index (κ1) is 9.82. The van der Waals surface area contributed by atoms with E-state index in [-0.39, 0.29) is 6.42 Å². The minimum Gasteiger partial charge on any atom is -0.304 e. The summed E-state index contributed by atoms with van der Waals surface area (Å²) in [7, 11) is 0. The van der Waals surface area contributed by atoms with E-state index in [1.807, 2.05) is 0 Å². The van der Waals surface area contributed by atoms with Crippen LogP contribution in [0.4, 0.5) is 0 Å². The maximum absolute atomic E-state index is 8.81. The van der Waals surface area contributed by atoms with E-state index < -0.39 is 0 Å². The molecular weight excluding hydrogens is 104 g/mol. The molecule has 0 spiro atoms. The highest BCUT2D eigenvalue weighted by molar-refractivity contribution is 5.44. The van der Waals surface area contributed by atoms with Gasteiger partial charge in [-0.25, -0.2) is 0 Å². The molecule has 0 radical (unpaired) electrons. The topological polar surface area (TPSA) is 64.7 Å². The predicted molar refractivity (Wildman–Crippen MR) is 27.6 cm³/mol. The standard InChI is InChI=1S/C3H2N2.C2H4O/c4-2-1-3-5;1-2-3/h1H2;2H,1H3. The summed E-state index contributed by atoms with van der Waals surface area (Å²) in [6.07, 6.45) is 0.750. The van der Waals surface area contributed by atoms with E-state index in [9.17, 15) is 0 Å². The average molecular weight is 110 g/mol. The number of nitrogens with zero attached hydrogens (tertiary/aromatic N) is 2. The van der Waals surface area contributed by atoms with Crippen LogP contribution in [0.15, 0.2) is 0 Å². The van der Waals surface area contributed by atoms with E-state index in [0.717, 1.165) is 6.29 Å². The van der Waals surface area contributed by atoms with E-state index in [1.165, 1.54) is 6.92 Å². The largest absolute Gasteiger partial charge is 0.304 e. The SMILES string of the molecule is CC=O.N#CCC#N. The van der Waals surface area contributed by atoms with Crippen LogP contribution in [-0.2, 0) is 4.79 Å². The Bertz CT molecular complexity index is 105. The van der Waals surface area contributed by atoms with Crippen molar-refractivity contribution in [1.82, 2.24) is 0 Å². The van der Waals surface area contributed by atoms with Crippen LogP contribution < -0.4 is 0 Å². The lowest BCUT2D eigenvalue weighted by molar-refractivity contribution is -0.106. The van der Waals surface area contributed by atoms with E-state index in [0.29, 0.717) is 0 Å². The molecule has 0 fully saturated rings. The molecule has 0 aliphatic carbocycles. The smallest absolute Gasteiger partial charge is 0.122 e. The second-order valence-corrected chi connectivity index (χ2v) is 0.729. The van der Waals surface area contributed by atoms with Crippen LogP contribution in [-0.4, -0.2) is 6.29 Å². The second-order valence-electron chi connectivity index (χ2n) is 0.729. The van der Waals surface area contributed by atoms with Crippen molar-refractivity contribution in [2.45, 2.75) is 13.3 Å². The molecule has 0 bridgehead atoms. The van der Waals surface area contributed by atoms with Gasteiger partial charge in [-0.15, -0.1) is 0 Å². The molecule has 0 rings (SSSR count). The summed E-state index contributed by atoms with van der Waals surface area (Å²) in [6.45, 7) is 1.44. The Morgan fingerprint density at radius 2 is 1.75 bits per heavy atom. The number of hydrogen-bond donors (Lipinski definition) is 0. The van der Waals surface area contributed by atoms with Gasteiger partial charge in [-0.1, -0.05) is 0 Å². The van der Waals surface area contributed by atoms with Gasteiger partial charge in [0.15, 0.2) is 0 Å². The van der Waals surface area contributed by atoms with Gasteiger partial charge in [-0.3, -0.25) is 0 Å². The molecule has 0 amide bonds. The van der Waals surface area contributed by atoms with Gasteiger partial charge in [-0.2, -0.15) is 10.5 Å². The lowest BCUT2D eigenvalue weighted by Gasteiger charge is -1.45. The molecule has 0 saturated carbocycles. The van der Waals surface area contributed by atoms with Crippen LogP contribution in [0.3, 0.4) is 0 Å². The molecule has 0 aliphatic rings. The summed E-state index contributed by atoms with van der Waals surface area (Å²) in [4.78, 5) is 8.81. The molecule has 0 unspecified atom stereocenters. The molecule has 3 nitrogen and oxygen atoms in total. The van der Waals surface area contributed by atoms with E-state index in [2.05, 4.69) is 0 Å². The molecule has 0 aliphatic heterocycles. The Hall–Kier alpha value is -1.35. The van der Waals surface area contributed by atoms with Gasteiger partial charge in [0.1, 0.15) is 12.7 Å². The maximum atomic E-state index is 8.81. The summed E-state index contributed by atoms with van der Waals surface area (Å²) in [6, 6.07) is 3.31. The zero-order chi connectivity index (χ0) is 6.83. The fourth-order valence-electron chi connectivity index (χ4n) is 0.0354. The van der Waals surface area contributed by atoms with E-state index >= 15 is 0 Å². The monoisotopic (exact) mass is 110 g/mol. The van der Waals surface area contributed by atoms with Crippen molar-refractivity contribution in [3.05, 3.63) is 0 Å². The van der Waals surface area contributed by atoms with Crippen molar-refractivity contribution in [2.75, 3.05) is 0 Å². The molecule has 0 aromatic rings. The van der Waals surface area contributed by atoms with Crippen LogP contribution in [0.2, 0.25) is 0 Å². The number of rotatable bonds is 0. The molecular formula is C5H6N2O. The van der Waals surface area contributed by atoms with Crippen molar-refractivity contribution >= 4 is 6.29 Å². The third-order valence-electron chi connectivity index (χ3n) is 0.158. The normalized spacial score (nSPS) is 4.38. The van der Waals surface area contributed by atoms with E-state index in [1.54, 1.807) is 12.1 Å². The Labute approximate surface area is 48.2 Å². The van der Waals surface area contributed by atoms with Crippen molar-refractivity contribution in [2.24, 2.45) is 0 Å². The molecule has 0 aromatic heterocycles. The Morgan fingerprint density at radius 3 is 1.75 bits per heavy atom. The highest BCUT2D eigenvalue weighted by Gasteiger charge is 1.61. The molecule has 0 N–H and O–H groups in total. The number of aldehydes is 1. The van der Waals surface area contributed by atoms with Gasteiger partial charge in [0.2, 0.25) is 0 Å². The van der Waals surface area contributed by atoms with Gasteiger partial charge < -0.3 is 4.79 Å². The van der Waals surface area contributed by atoms with Crippen LogP contribution in [0.5, 0.6) is 0 Å². The highest BCUT2D eigenvalue weighted by atomic mass is 16.1. The van der Waals surface area contributed by atoms with Gasteiger partial charge in [0.25, 0.3) is 0 Å².